The number of hydrogen-bond donors (Lipinski definition) is 1. The molecule has 112 valence electrons. The lowest BCUT2D eigenvalue weighted by Gasteiger charge is -2.25. The number of benzene rings is 2. The minimum Gasteiger partial charge on any atom is -0.484 e. The summed E-state index contributed by atoms with van der Waals surface area (Å²) in [6.45, 7) is 2.06. The van der Waals surface area contributed by atoms with Crippen LogP contribution in [0.15, 0.2) is 53.4 Å². The third-order valence-electron chi connectivity index (χ3n) is 3.38. The third kappa shape index (κ3) is 4.40. The molecule has 4 heteroatoms. The minimum absolute atomic E-state index is 0.0635. The van der Waals surface area contributed by atoms with Crippen LogP contribution in [-0.2, 0) is 0 Å². The molecule has 0 heterocycles. The van der Waals surface area contributed by atoms with Crippen molar-refractivity contribution in [1.29, 1.82) is 0 Å². The van der Waals surface area contributed by atoms with Crippen LogP contribution in [0.4, 0.5) is 0 Å². The summed E-state index contributed by atoms with van der Waals surface area (Å²) in [5, 5.41) is 0.715. The topological polar surface area (TPSA) is 35.2 Å². The van der Waals surface area contributed by atoms with E-state index in [1.54, 1.807) is 11.8 Å². The van der Waals surface area contributed by atoms with Crippen molar-refractivity contribution in [2.45, 2.75) is 30.4 Å². The van der Waals surface area contributed by atoms with E-state index in [2.05, 4.69) is 25.3 Å². The van der Waals surface area contributed by atoms with Crippen LogP contribution < -0.4 is 10.5 Å². The van der Waals surface area contributed by atoms with Gasteiger partial charge in [-0.25, -0.2) is 0 Å². The molecule has 0 aliphatic heterocycles. The molecule has 0 fully saturated rings. The van der Waals surface area contributed by atoms with Gasteiger partial charge in [0.2, 0.25) is 0 Å². The predicted molar refractivity (Wildman–Crippen MR) is 91.3 cm³/mol. The highest BCUT2D eigenvalue weighted by Gasteiger charge is 2.20. The van der Waals surface area contributed by atoms with Gasteiger partial charge in [-0.05, 0) is 54.6 Å². The maximum absolute atomic E-state index is 6.23. The van der Waals surface area contributed by atoms with Crippen molar-refractivity contribution < 1.29 is 4.74 Å². The number of thioether (sulfide) groups is 1. The van der Waals surface area contributed by atoms with Crippen LogP contribution in [0.1, 0.15) is 25.0 Å². The summed E-state index contributed by atoms with van der Waals surface area (Å²) in [5.74, 6) is 0.830. The van der Waals surface area contributed by atoms with E-state index in [-0.39, 0.29) is 12.1 Å². The quantitative estimate of drug-likeness (QED) is 0.767. The van der Waals surface area contributed by atoms with Gasteiger partial charge < -0.3 is 10.5 Å². The van der Waals surface area contributed by atoms with E-state index < -0.39 is 0 Å². The molecule has 21 heavy (non-hydrogen) atoms. The van der Waals surface area contributed by atoms with Crippen molar-refractivity contribution in [2.75, 3.05) is 6.26 Å². The number of ether oxygens (including phenoxy) is 1. The Labute approximate surface area is 135 Å². The predicted octanol–water partition coefficient (Wildman–Crippen LogP) is 4.92. The van der Waals surface area contributed by atoms with Gasteiger partial charge in [-0.3, -0.25) is 0 Å². The van der Waals surface area contributed by atoms with E-state index in [9.17, 15) is 0 Å². The van der Waals surface area contributed by atoms with Gasteiger partial charge in [0, 0.05) is 16.0 Å². The lowest BCUT2D eigenvalue weighted by Crippen LogP contribution is -2.31. The monoisotopic (exact) mass is 321 g/mol. The Balaban J connectivity index is 2.21. The second-order valence-electron chi connectivity index (χ2n) is 4.84. The summed E-state index contributed by atoms with van der Waals surface area (Å²) in [6.07, 6.45) is 2.72. The van der Waals surface area contributed by atoms with Crippen molar-refractivity contribution in [1.82, 2.24) is 0 Å². The van der Waals surface area contributed by atoms with Crippen molar-refractivity contribution >= 4 is 23.4 Å². The molecule has 0 bridgehead atoms. The maximum atomic E-state index is 6.23. The molecular weight excluding hydrogens is 302 g/mol. The molecule has 0 saturated carbocycles. The zero-order chi connectivity index (χ0) is 15.2. The van der Waals surface area contributed by atoms with Crippen LogP contribution >= 0.6 is 23.4 Å². The molecule has 0 aliphatic carbocycles. The molecule has 2 rings (SSSR count). The molecule has 0 aliphatic rings. The zero-order valence-corrected chi connectivity index (χ0v) is 13.8. The van der Waals surface area contributed by atoms with Gasteiger partial charge >= 0.3 is 0 Å². The molecule has 0 amide bonds. The van der Waals surface area contributed by atoms with Gasteiger partial charge in [0.25, 0.3) is 0 Å². The highest BCUT2D eigenvalue weighted by atomic mass is 35.5. The molecule has 2 aromatic rings. The molecular formula is C17H20ClNOS. The van der Waals surface area contributed by atoms with Gasteiger partial charge in [-0.15, -0.1) is 11.8 Å². The van der Waals surface area contributed by atoms with Crippen molar-refractivity contribution in [3.05, 3.63) is 59.1 Å². The smallest absolute Gasteiger partial charge is 0.139 e. The summed E-state index contributed by atoms with van der Waals surface area (Å²) < 4.78 is 6.12. The summed E-state index contributed by atoms with van der Waals surface area (Å²) in [7, 11) is 0. The van der Waals surface area contributed by atoms with Crippen LogP contribution in [-0.4, -0.2) is 12.3 Å². The van der Waals surface area contributed by atoms with Crippen LogP contribution in [0, 0.1) is 0 Å². The Kier molecular flexibility index (Phi) is 5.97. The van der Waals surface area contributed by atoms with Crippen LogP contribution in [0.2, 0.25) is 5.02 Å². The maximum Gasteiger partial charge on any atom is 0.139 e. The molecule has 0 aromatic heterocycles. The van der Waals surface area contributed by atoms with Crippen LogP contribution in [0.3, 0.4) is 0 Å². The fraction of sp³-hybridized carbons (Fsp3) is 0.294. The summed E-state index contributed by atoms with van der Waals surface area (Å²) >= 11 is 7.66. The Morgan fingerprint density at radius 3 is 2.24 bits per heavy atom. The summed E-state index contributed by atoms with van der Waals surface area (Å²) in [6, 6.07) is 15.7. The van der Waals surface area contributed by atoms with E-state index in [0.29, 0.717) is 5.02 Å². The molecule has 2 unspecified atom stereocenters. The second kappa shape index (κ2) is 7.74. The first-order chi connectivity index (χ1) is 10.1. The van der Waals surface area contributed by atoms with Gasteiger partial charge in [-0.2, -0.15) is 0 Å². The average molecular weight is 322 g/mol. The first kappa shape index (κ1) is 16.2. The SMILES string of the molecule is CCC(N)C(Oc1ccc(SC)cc1)c1ccc(Cl)cc1. The average Bonchev–Trinajstić information content (AvgIpc) is 2.53. The standard InChI is InChI=1S/C17H20ClNOS/c1-3-16(19)17(12-4-6-13(18)7-5-12)20-14-8-10-15(21-2)11-9-14/h4-11,16-17H,3,19H2,1-2H3. The van der Waals surface area contributed by atoms with Crippen LogP contribution in [0.25, 0.3) is 0 Å². The normalized spacial score (nSPS) is 13.7. The molecule has 2 aromatic carbocycles. The van der Waals surface area contributed by atoms with Crippen molar-refractivity contribution in [3.8, 4) is 5.75 Å². The van der Waals surface area contributed by atoms with Crippen molar-refractivity contribution in [2.24, 2.45) is 5.73 Å². The molecule has 0 saturated heterocycles. The lowest BCUT2D eigenvalue weighted by molar-refractivity contribution is 0.171. The van der Waals surface area contributed by atoms with E-state index >= 15 is 0 Å². The molecule has 0 radical (unpaired) electrons. The van der Waals surface area contributed by atoms with Gasteiger partial charge in [0.1, 0.15) is 11.9 Å². The molecule has 2 N–H and O–H groups in total. The minimum atomic E-state index is -0.174. The fourth-order valence-corrected chi connectivity index (χ4v) is 2.60. The largest absolute Gasteiger partial charge is 0.484 e. The Hall–Kier alpha value is -1.16. The second-order valence-corrected chi connectivity index (χ2v) is 6.15. The number of nitrogens with two attached hydrogens (primary N) is 1. The molecule has 2 nitrogen and oxygen atoms in total. The van der Waals surface area contributed by atoms with Gasteiger partial charge in [0.15, 0.2) is 0 Å². The third-order valence-corrected chi connectivity index (χ3v) is 4.38. The van der Waals surface area contributed by atoms with Crippen molar-refractivity contribution in [3.63, 3.8) is 0 Å². The zero-order valence-electron chi connectivity index (χ0n) is 12.3. The van der Waals surface area contributed by atoms with Gasteiger partial charge in [0.05, 0.1) is 0 Å². The first-order valence-electron chi connectivity index (χ1n) is 6.95. The number of halogens is 1. The van der Waals surface area contributed by atoms with E-state index in [0.717, 1.165) is 17.7 Å². The van der Waals surface area contributed by atoms with E-state index in [1.165, 1.54) is 4.90 Å². The summed E-state index contributed by atoms with van der Waals surface area (Å²) in [4.78, 5) is 1.21. The van der Waals surface area contributed by atoms with Gasteiger partial charge in [-0.1, -0.05) is 30.7 Å². The number of rotatable bonds is 6. The fourth-order valence-electron chi connectivity index (χ4n) is 2.07. The molecule has 2 atom stereocenters. The van der Waals surface area contributed by atoms with E-state index in [4.69, 9.17) is 22.1 Å². The molecule has 0 spiro atoms. The lowest BCUT2D eigenvalue weighted by atomic mass is 10.0. The highest BCUT2D eigenvalue weighted by Crippen LogP contribution is 2.28. The highest BCUT2D eigenvalue weighted by molar-refractivity contribution is 7.98. The van der Waals surface area contributed by atoms with E-state index in [1.807, 2.05) is 36.4 Å². The summed E-state index contributed by atoms with van der Waals surface area (Å²) in [5.41, 5.74) is 7.27. The Morgan fingerprint density at radius 1 is 1.10 bits per heavy atom. The first-order valence-corrected chi connectivity index (χ1v) is 8.56. The Bertz CT molecular complexity index is 556. The van der Waals surface area contributed by atoms with Crippen LogP contribution in [0.5, 0.6) is 5.75 Å². The Morgan fingerprint density at radius 2 is 1.71 bits per heavy atom. The number of hydrogen-bond acceptors (Lipinski definition) is 3.